The van der Waals surface area contributed by atoms with Gasteiger partial charge in [-0.15, -0.1) is 0 Å². The van der Waals surface area contributed by atoms with Crippen molar-refractivity contribution in [3.63, 3.8) is 0 Å². The summed E-state index contributed by atoms with van der Waals surface area (Å²) in [6, 6.07) is 0. The van der Waals surface area contributed by atoms with Crippen molar-refractivity contribution < 1.29 is 14.3 Å². The molecule has 3 nitrogen and oxygen atoms in total. The molecule has 4 unspecified atom stereocenters. The van der Waals surface area contributed by atoms with E-state index in [-0.39, 0.29) is 24.3 Å². The standard InChI is InChI=1S/C9H12O3/c1-5-3-4-7(11-6(2)10)9-8(5)12-9/h3-5,7-9H,1-2H3. The number of ether oxygens (including phenoxy) is 2. The summed E-state index contributed by atoms with van der Waals surface area (Å²) in [7, 11) is 0. The number of carbonyl (C=O) groups excluding carboxylic acids is 1. The van der Waals surface area contributed by atoms with Gasteiger partial charge in [0.2, 0.25) is 0 Å². The van der Waals surface area contributed by atoms with Crippen molar-refractivity contribution in [3.05, 3.63) is 12.2 Å². The average molecular weight is 168 g/mol. The number of carbonyl (C=O) groups is 1. The molecule has 1 heterocycles. The van der Waals surface area contributed by atoms with Gasteiger partial charge in [0.1, 0.15) is 12.2 Å². The predicted octanol–water partition coefficient (Wildman–Crippen LogP) is 0.891. The molecule has 1 saturated heterocycles. The lowest BCUT2D eigenvalue weighted by Crippen LogP contribution is -2.26. The maximum absolute atomic E-state index is 10.6. The third kappa shape index (κ3) is 1.25. The molecule has 12 heavy (non-hydrogen) atoms. The zero-order chi connectivity index (χ0) is 8.72. The molecule has 0 saturated carbocycles. The van der Waals surface area contributed by atoms with Gasteiger partial charge in [0.05, 0.1) is 6.10 Å². The number of epoxide rings is 1. The van der Waals surface area contributed by atoms with Crippen molar-refractivity contribution in [2.45, 2.75) is 32.2 Å². The summed E-state index contributed by atoms with van der Waals surface area (Å²) in [6.07, 6.45) is 4.21. The van der Waals surface area contributed by atoms with E-state index in [0.717, 1.165) is 0 Å². The van der Waals surface area contributed by atoms with Gasteiger partial charge in [-0.2, -0.15) is 0 Å². The quantitative estimate of drug-likeness (QED) is 0.331. The summed E-state index contributed by atoms with van der Waals surface area (Å²) >= 11 is 0. The summed E-state index contributed by atoms with van der Waals surface area (Å²) in [5, 5.41) is 0. The van der Waals surface area contributed by atoms with E-state index in [4.69, 9.17) is 9.47 Å². The van der Waals surface area contributed by atoms with Crippen molar-refractivity contribution in [3.8, 4) is 0 Å². The van der Waals surface area contributed by atoms with Crippen LogP contribution in [0.5, 0.6) is 0 Å². The highest BCUT2D eigenvalue weighted by molar-refractivity contribution is 5.66. The summed E-state index contributed by atoms with van der Waals surface area (Å²) in [4.78, 5) is 10.6. The first-order valence-corrected chi connectivity index (χ1v) is 4.19. The fourth-order valence-corrected chi connectivity index (χ4v) is 1.63. The first kappa shape index (κ1) is 7.80. The summed E-state index contributed by atoms with van der Waals surface area (Å²) < 4.78 is 10.4. The minimum Gasteiger partial charge on any atom is -0.455 e. The first-order valence-electron chi connectivity index (χ1n) is 4.19. The summed E-state index contributed by atoms with van der Waals surface area (Å²) in [5.74, 6) is 0.218. The lowest BCUT2D eigenvalue weighted by molar-refractivity contribution is -0.145. The van der Waals surface area contributed by atoms with E-state index in [1.165, 1.54) is 6.92 Å². The van der Waals surface area contributed by atoms with E-state index in [2.05, 4.69) is 6.92 Å². The molecule has 1 aliphatic carbocycles. The van der Waals surface area contributed by atoms with E-state index < -0.39 is 0 Å². The van der Waals surface area contributed by atoms with E-state index in [1.54, 1.807) is 0 Å². The number of fused-ring (bicyclic) bond motifs is 1. The second-order valence-electron chi connectivity index (χ2n) is 3.38. The Labute approximate surface area is 71.3 Å². The Morgan fingerprint density at radius 2 is 2.17 bits per heavy atom. The van der Waals surface area contributed by atoms with Gasteiger partial charge >= 0.3 is 5.97 Å². The van der Waals surface area contributed by atoms with Crippen molar-refractivity contribution >= 4 is 5.97 Å². The molecule has 0 aromatic heterocycles. The van der Waals surface area contributed by atoms with Crippen LogP contribution in [0.3, 0.4) is 0 Å². The fourth-order valence-electron chi connectivity index (χ4n) is 1.63. The molecule has 0 N–H and O–H groups in total. The maximum Gasteiger partial charge on any atom is 0.303 e. The normalized spacial score (nSPS) is 43.5. The van der Waals surface area contributed by atoms with Gasteiger partial charge in [0.15, 0.2) is 0 Å². The number of hydrogen-bond donors (Lipinski definition) is 0. The monoisotopic (exact) mass is 168 g/mol. The summed E-state index contributed by atoms with van der Waals surface area (Å²) in [6.45, 7) is 3.52. The first-order chi connectivity index (χ1) is 5.68. The van der Waals surface area contributed by atoms with E-state index in [0.29, 0.717) is 5.92 Å². The Morgan fingerprint density at radius 3 is 2.83 bits per heavy atom. The molecule has 0 aromatic carbocycles. The Morgan fingerprint density at radius 1 is 1.42 bits per heavy atom. The van der Waals surface area contributed by atoms with Crippen LogP contribution in [0.25, 0.3) is 0 Å². The highest BCUT2D eigenvalue weighted by Crippen LogP contribution is 2.38. The zero-order valence-electron chi connectivity index (χ0n) is 7.19. The lowest BCUT2D eigenvalue weighted by Gasteiger charge is -2.15. The minimum atomic E-state index is -0.242. The molecule has 2 aliphatic rings. The van der Waals surface area contributed by atoms with E-state index >= 15 is 0 Å². The Kier molecular flexibility index (Phi) is 1.68. The second-order valence-corrected chi connectivity index (χ2v) is 3.38. The number of esters is 1. The molecular formula is C9H12O3. The predicted molar refractivity (Wildman–Crippen MR) is 42.5 cm³/mol. The van der Waals surface area contributed by atoms with Crippen LogP contribution in [0.15, 0.2) is 12.2 Å². The van der Waals surface area contributed by atoms with Crippen molar-refractivity contribution in [1.82, 2.24) is 0 Å². The zero-order valence-corrected chi connectivity index (χ0v) is 7.19. The molecule has 0 spiro atoms. The second kappa shape index (κ2) is 2.59. The molecule has 1 aliphatic heterocycles. The number of hydrogen-bond acceptors (Lipinski definition) is 3. The van der Waals surface area contributed by atoms with Gasteiger partial charge in [0, 0.05) is 12.8 Å². The Hall–Kier alpha value is -0.830. The van der Waals surface area contributed by atoms with Gasteiger partial charge in [-0.1, -0.05) is 13.0 Å². The summed E-state index contributed by atoms with van der Waals surface area (Å²) in [5.41, 5.74) is 0. The van der Waals surface area contributed by atoms with Crippen LogP contribution in [-0.4, -0.2) is 24.3 Å². The SMILES string of the molecule is CC(=O)OC1C=CC(C)C2OC12. The molecule has 0 aromatic rings. The van der Waals surface area contributed by atoms with Crippen molar-refractivity contribution in [2.75, 3.05) is 0 Å². The minimum absolute atomic E-state index is 0.119. The van der Waals surface area contributed by atoms with Gasteiger partial charge in [0.25, 0.3) is 0 Å². The van der Waals surface area contributed by atoms with Crippen LogP contribution in [0, 0.1) is 5.92 Å². The Balaban J connectivity index is 2.00. The lowest BCUT2D eigenvalue weighted by atomic mass is 9.96. The highest BCUT2D eigenvalue weighted by Gasteiger charge is 2.50. The molecule has 0 bridgehead atoms. The topological polar surface area (TPSA) is 38.8 Å². The van der Waals surface area contributed by atoms with Crippen LogP contribution in [-0.2, 0) is 14.3 Å². The third-order valence-corrected chi connectivity index (χ3v) is 2.31. The largest absolute Gasteiger partial charge is 0.455 e. The molecule has 1 fully saturated rings. The van der Waals surface area contributed by atoms with Crippen LogP contribution in [0.1, 0.15) is 13.8 Å². The molecular weight excluding hydrogens is 156 g/mol. The van der Waals surface area contributed by atoms with Gasteiger partial charge in [-0.05, 0) is 6.08 Å². The molecule has 3 heteroatoms. The highest BCUT2D eigenvalue weighted by atomic mass is 16.6. The molecule has 4 atom stereocenters. The third-order valence-electron chi connectivity index (χ3n) is 2.31. The maximum atomic E-state index is 10.6. The average Bonchev–Trinajstić information content (AvgIpc) is 2.73. The fraction of sp³-hybridized carbons (Fsp3) is 0.667. The smallest absolute Gasteiger partial charge is 0.303 e. The molecule has 2 rings (SSSR count). The van der Waals surface area contributed by atoms with Crippen LogP contribution in [0.2, 0.25) is 0 Å². The van der Waals surface area contributed by atoms with E-state index in [9.17, 15) is 4.79 Å². The van der Waals surface area contributed by atoms with Crippen molar-refractivity contribution in [2.24, 2.45) is 5.92 Å². The van der Waals surface area contributed by atoms with Gasteiger partial charge < -0.3 is 9.47 Å². The molecule has 66 valence electrons. The molecule has 0 amide bonds. The van der Waals surface area contributed by atoms with Gasteiger partial charge in [-0.3, -0.25) is 4.79 Å². The van der Waals surface area contributed by atoms with Crippen LogP contribution < -0.4 is 0 Å². The van der Waals surface area contributed by atoms with E-state index in [1.807, 2.05) is 12.2 Å². The van der Waals surface area contributed by atoms with Crippen LogP contribution >= 0.6 is 0 Å². The number of rotatable bonds is 1. The van der Waals surface area contributed by atoms with Crippen LogP contribution in [0.4, 0.5) is 0 Å². The van der Waals surface area contributed by atoms with Crippen molar-refractivity contribution in [1.29, 1.82) is 0 Å². The molecule has 0 radical (unpaired) electrons. The Bertz CT molecular complexity index is 234. The van der Waals surface area contributed by atoms with Gasteiger partial charge in [-0.25, -0.2) is 0 Å².